The Morgan fingerprint density at radius 2 is 1.47 bits per heavy atom. The molecule has 1 aliphatic heterocycles. The summed E-state index contributed by atoms with van der Waals surface area (Å²) in [4.78, 5) is 49.8. The van der Waals surface area contributed by atoms with E-state index in [4.69, 9.17) is 9.47 Å². The van der Waals surface area contributed by atoms with Crippen molar-refractivity contribution in [1.82, 2.24) is 0 Å². The highest BCUT2D eigenvalue weighted by Gasteiger charge is 2.37. The summed E-state index contributed by atoms with van der Waals surface area (Å²) < 4.78 is 11.6. The molecule has 1 heterocycles. The van der Waals surface area contributed by atoms with Crippen LogP contribution in [-0.2, 0) is 9.53 Å². The van der Waals surface area contributed by atoms with E-state index in [0.29, 0.717) is 17.2 Å². The molecular formula is C24H16BrNO6. The second-order valence-electron chi connectivity index (χ2n) is 7.03. The van der Waals surface area contributed by atoms with Crippen molar-refractivity contribution in [2.75, 3.05) is 11.5 Å². The standard InChI is InChI=1S/C24H16BrNO6/c1-14(27)13-31-24(30)15-2-6-17(7-3-15)26-22(28)20-11-10-19(12-21(20)23(26)29)32-18-8-4-16(25)5-9-18/h2-12H,13H2,1H3. The smallest absolute Gasteiger partial charge is 0.338 e. The molecule has 4 rings (SSSR count). The van der Waals surface area contributed by atoms with Crippen LogP contribution in [0.15, 0.2) is 71.2 Å². The van der Waals surface area contributed by atoms with Crippen LogP contribution >= 0.6 is 15.9 Å². The van der Waals surface area contributed by atoms with Gasteiger partial charge >= 0.3 is 5.97 Å². The first-order valence-electron chi connectivity index (χ1n) is 9.56. The molecule has 0 aromatic heterocycles. The number of fused-ring (bicyclic) bond motifs is 1. The molecule has 32 heavy (non-hydrogen) atoms. The molecule has 3 aromatic carbocycles. The highest BCUT2D eigenvalue weighted by Crippen LogP contribution is 2.32. The average molecular weight is 494 g/mol. The molecular weight excluding hydrogens is 478 g/mol. The normalized spacial score (nSPS) is 12.5. The Morgan fingerprint density at radius 3 is 2.12 bits per heavy atom. The van der Waals surface area contributed by atoms with E-state index in [-0.39, 0.29) is 29.1 Å². The van der Waals surface area contributed by atoms with E-state index >= 15 is 0 Å². The summed E-state index contributed by atoms with van der Waals surface area (Å²) >= 11 is 3.36. The third-order valence-electron chi connectivity index (χ3n) is 4.68. The van der Waals surface area contributed by atoms with E-state index in [1.165, 1.54) is 37.3 Å². The molecule has 0 N–H and O–H groups in total. The van der Waals surface area contributed by atoms with Crippen LogP contribution < -0.4 is 9.64 Å². The van der Waals surface area contributed by atoms with Crippen LogP contribution in [0.25, 0.3) is 0 Å². The fraction of sp³-hybridized carbons (Fsp3) is 0.0833. The first kappa shape index (κ1) is 21.5. The molecule has 160 valence electrons. The van der Waals surface area contributed by atoms with Crippen molar-refractivity contribution in [3.63, 3.8) is 0 Å². The summed E-state index contributed by atoms with van der Waals surface area (Å²) in [5.41, 5.74) is 1.02. The van der Waals surface area contributed by atoms with E-state index in [2.05, 4.69) is 15.9 Å². The second-order valence-corrected chi connectivity index (χ2v) is 7.95. The van der Waals surface area contributed by atoms with E-state index in [1.54, 1.807) is 24.3 Å². The lowest BCUT2D eigenvalue weighted by Crippen LogP contribution is -2.29. The van der Waals surface area contributed by atoms with Crippen LogP contribution in [0.1, 0.15) is 38.0 Å². The van der Waals surface area contributed by atoms with Crippen molar-refractivity contribution in [1.29, 1.82) is 0 Å². The number of ether oxygens (including phenoxy) is 2. The number of amides is 2. The number of benzene rings is 3. The molecule has 0 saturated heterocycles. The Balaban J connectivity index is 1.54. The zero-order valence-corrected chi connectivity index (χ0v) is 18.4. The van der Waals surface area contributed by atoms with E-state index < -0.39 is 17.8 Å². The number of halogens is 1. The van der Waals surface area contributed by atoms with Crippen molar-refractivity contribution in [2.24, 2.45) is 0 Å². The van der Waals surface area contributed by atoms with Gasteiger partial charge in [-0.15, -0.1) is 0 Å². The van der Waals surface area contributed by atoms with Crippen molar-refractivity contribution >= 4 is 45.2 Å². The van der Waals surface area contributed by atoms with Gasteiger partial charge in [0.25, 0.3) is 11.8 Å². The minimum absolute atomic E-state index is 0.205. The van der Waals surface area contributed by atoms with Crippen LogP contribution in [0.3, 0.4) is 0 Å². The SMILES string of the molecule is CC(=O)COC(=O)c1ccc(N2C(=O)c3ccc(Oc4ccc(Br)cc4)cc3C2=O)cc1. The minimum Gasteiger partial charge on any atom is -0.457 e. The van der Waals surface area contributed by atoms with Gasteiger partial charge in [-0.2, -0.15) is 0 Å². The first-order chi connectivity index (χ1) is 15.3. The number of carbonyl (C=O) groups is 4. The number of esters is 1. The molecule has 2 amide bonds. The fourth-order valence-corrected chi connectivity index (χ4v) is 3.42. The van der Waals surface area contributed by atoms with E-state index in [0.717, 1.165) is 9.37 Å². The lowest BCUT2D eigenvalue weighted by atomic mass is 10.1. The van der Waals surface area contributed by atoms with Crippen molar-refractivity contribution in [3.8, 4) is 11.5 Å². The summed E-state index contributed by atoms with van der Waals surface area (Å²) in [5, 5.41) is 0. The number of Topliss-reactive ketones (excluding diaryl/α,β-unsaturated/α-hetero) is 1. The monoisotopic (exact) mass is 493 g/mol. The molecule has 0 bridgehead atoms. The topological polar surface area (TPSA) is 90.0 Å². The first-order valence-corrected chi connectivity index (χ1v) is 10.4. The maximum Gasteiger partial charge on any atom is 0.338 e. The molecule has 7 nitrogen and oxygen atoms in total. The van der Waals surface area contributed by atoms with Gasteiger partial charge in [-0.1, -0.05) is 15.9 Å². The number of imide groups is 1. The minimum atomic E-state index is -0.663. The van der Waals surface area contributed by atoms with Gasteiger partial charge in [0, 0.05) is 4.47 Å². The van der Waals surface area contributed by atoms with Gasteiger partial charge in [-0.05, 0) is 73.7 Å². The predicted octanol–water partition coefficient (Wildman–Crippen LogP) is 4.79. The van der Waals surface area contributed by atoms with Gasteiger partial charge in [0.05, 0.1) is 22.4 Å². The fourth-order valence-electron chi connectivity index (χ4n) is 3.15. The van der Waals surface area contributed by atoms with Crippen molar-refractivity contribution in [2.45, 2.75) is 6.92 Å². The van der Waals surface area contributed by atoms with Crippen LogP contribution in [0.2, 0.25) is 0 Å². The second kappa shape index (κ2) is 8.76. The zero-order chi connectivity index (χ0) is 22.8. The van der Waals surface area contributed by atoms with Gasteiger partial charge in [0.15, 0.2) is 5.78 Å². The summed E-state index contributed by atoms with van der Waals surface area (Å²) in [6, 6.07) is 17.8. The maximum absolute atomic E-state index is 13.0. The predicted molar refractivity (Wildman–Crippen MR) is 119 cm³/mol. The number of hydrogen-bond acceptors (Lipinski definition) is 6. The van der Waals surface area contributed by atoms with Crippen LogP contribution in [0.4, 0.5) is 5.69 Å². The molecule has 0 fully saturated rings. The molecule has 8 heteroatoms. The summed E-state index contributed by atoms with van der Waals surface area (Å²) in [7, 11) is 0. The lowest BCUT2D eigenvalue weighted by Gasteiger charge is -2.14. The van der Waals surface area contributed by atoms with E-state index in [9.17, 15) is 19.2 Å². The third kappa shape index (κ3) is 4.31. The molecule has 0 spiro atoms. The molecule has 0 unspecified atom stereocenters. The highest BCUT2D eigenvalue weighted by molar-refractivity contribution is 9.10. The Bertz CT molecular complexity index is 1230. The molecule has 1 aliphatic rings. The molecule has 0 saturated carbocycles. The molecule has 0 aliphatic carbocycles. The number of anilines is 1. The quantitative estimate of drug-likeness (QED) is 0.362. The largest absolute Gasteiger partial charge is 0.457 e. The summed E-state index contributed by atoms with van der Waals surface area (Å²) in [5.74, 6) is -0.870. The zero-order valence-electron chi connectivity index (χ0n) is 16.8. The van der Waals surface area contributed by atoms with Gasteiger partial charge in [-0.3, -0.25) is 14.4 Å². The lowest BCUT2D eigenvalue weighted by molar-refractivity contribution is -0.120. The van der Waals surface area contributed by atoms with Crippen molar-refractivity contribution in [3.05, 3.63) is 87.9 Å². The van der Waals surface area contributed by atoms with Crippen LogP contribution in [-0.4, -0.2) is 30.2 Å². The van der Waals surface area contributed by atoms with Gasteiger partial charge in [0.1, 0.15) is 18.1 Å². The van der Waals surface area contributed by atoms with Gasteiger partial charge in [0.2, 0.25) is 0 Å². The molecule has 0 radical (unpaired) electrons. The third-order valence-corrected chi connectivity index (χ3v) is 5.20. The van der Waals surface area contributed by atoms with Gasteiger partial charge in [-0.25, -0.2) is 9.69 Å². The number of ketones is 1. The Labute approximate surface area is 191 Å². The summed E-state index contributed by atoms with van der Waals surface area (Å²) in [6.07, 6.45) is 0. The van der Waals surface area contributed by atoms with E-state index in [1.807, 2.05) is 12.1 Å². The van der Waals surface area contributed by atoms with Gasteiger partial charge < -0.3 is 9.47 Å². The Hall–Kier alpha value is -3.78. The number of hydrogen-bond donors (Lipinski definition) is 0. The maximum atomic E-state index is 13.0. The van der Waals surface area contributed by atoms with Crippen LogP contribution in [0, 0.1) is 0 Å². The van der Waals surface area contributed by atoms with Crippen molar-refractivity contribution < 1.29 is 28.7 Å². The number of nitrogens with zero attached hydrogens (tertiary/aromatic N) is 1. The average Bonchev–Trinajstić information content (AvgIpc) is 3.03. The molecule has 0 atom stereocenters. The number of carbonyl (C=O) groups excluding carboxylic acids is 4. The van der Waals surface area contributed by atoms with Crippen LogP contribution in [0.5, 0.6) is 11.5 Å². The Kier molecular flexibility index (Phi) is 5.87. The highest BCUT2D eigenvalue weighted by atomic mass is 79.9. The summed E-state index contributed by atoms with van der Waals surface area (Å²) in [6.45, 7) is 0.998. The molecule has 3 aromatic rings. The number of rotatable bonds is 6. The Morgan fingerprint density at radius 1 is 0.844 bits per heavy atom.